The van der Waals surface area contributed by atoms with Crippen LogP contribution in [0.1, 0.15) is 19.8 Å². The lowest BCUT2D eigenvalue weighted by Crippen LogP contribution is -2.38. The number of nitrogens with one attached hydrogen (secondary N) is 1. The Kier molecular flexibility index (Phi) is 4.41. The minimum atomic E-state index is 0.523. The van der Waals surface area contributed by atoms with Crippen LogP contribution in [0.2, 0.25) is 0 Å². The number of rotatable bonds is 4. The Morgan fingerprint density at radius 3 is 2.67 bits per heavy atom. The van der Waals surface area contributed by atoms with Crippen LogP contribution in [0.4, 0.5) is 10.8 Å². The summed E-state index contributed by atoms with van der Waals surface area (Å²) in [4.78, 5) is 2.50. The maximum Gasteiger partial charge on any atom is 0.147 e. The fourth-order valence-electron chi connectivity index (χ4n) is 2.86. The van der Waals surface area contributed by atoms with Crippen LogP contribution >= 0.6 is 11.5 Å². The minimum Gasteiger partial charge on any atom is -0.382 e. The van der Waals surface area contributed by atoms with Crippen molar-refractivity contribution in [3.8, 4) is 11.1 Å². The largest absolute Gasteiger partial charge is 0.382 e. The van der Waals surface area contributed by atoms with Gasteiger partial charge in [-0.05, 0) is 36.5 Å². The van der Waals surface area contributed by atoms with Gasteiger partial charge in [-0.3, -0.25) is 0 Å². The van der Waals surface area contributed by atoms with E-state index in [-0.39, 0.29) is 0 Å². The Labute approximate surface area is 130 Å². The molecule has 1 aromatic carbocycles. The van der Waals surface area contributed by atoms with Crippen LogP contribution in [0.5, 0.6) is 0 Å². The highest BCUT2D eigenvalue weighted by Crippen LogP contribution is 2.37. The highest BCUT2D eigenvalue weighted by molar-refractivity contribution is 7.11. The van der Waals surface area contributed by atoms with Crippen molar-refractivity contribution in [3.63, 3.8) is 0 Å². The van der Waals surface area contributed by atoms with Crippen molar-refractivity contribution in [1.82, 2.24) is 9.27 Å². The summed E-state index contributed by atoms with van der Waals surface area (Å²) in [7, 11) is 0. The van der Waals surface area contributed by atoms with Crippen LogP contribution in [-0.4, -0.2) is 34.9 Å². The van der Waals surface area contributed by atoms with Gasteiger partial charge in [-0.2, -0.15) is 4.37 Å². The first-order valence-corrected chi connectivity index (χ1v) is 8.34. The van der Waals surface area contributed by atoms with Crippen molar-refractivity contribution >= 4 is 22.4 Å². The molecule has 2 aromatic rings. The summed E-state index contributed by atoms with van der Waals surface area (Å²) >= 11 is 1.47. The first-order chi connectivity index (χ1) is 10.3. The van der Waals surface area contributed by atoms with Gasteiger partial charge in [-0.15, -0.1) is 0 Å². The summed E-state index contributed by atoms with van der Waals surface area (Å²) in [6, 6.07) is 10.8. The predicted molar refractivity (Wildman–Crippen MR) is 90.7 cm³/mol. The van der Waals surface area contributed by atoms with Crippen LogP contribution in [-0.2, 0) is 0 Å². The van der Waals surface area contributed by atoms with E-state index in [2.05, 4.69) is 33.6 Å². The average molecular weight is 302 g/mol. The molecule has 2 heterocycles. The van der Waals surface area contributed by atoms with Gasteiger partial charge >= 0.3 is 0 Å². The van der Waals surface area contributed by atoms with E-state index in [9.17, 15) is 0 Å². The summed E-state index contributed by atoms with van der Waals surface area (Å²) in [5.41, 5.74) is 8.26. The summed E-state index contributed by atoms with van der Waals surface area (Å²) in [5.74, 6) is 0.625. The number of nitrogens with two attached hydrogens (primary N) is 1. The molecule has 1 aromatic heterocycles. The van der Waals surface area contributed by atoms with Crippen LogP contribution in [0.15, 0.2) is 30.3 Å². The monoisotopic (exact) mass is 302 g/mol. The lowest BCUT2D eigenvalue weighted by Gasteiger charge is -2.31. The first-order valence-electron chi connectivity index (χ1n) is 7.57. The van der Waals surface area contributed by atoms with Crippen molar-refractivity contribution in [3.05, 3.63) is 30.3 Å². The zero-order valence-corrected chi connectivity index (χ0v) is 13.2. The quantitative estimate of drug-likeness (QED) is 0.910. The molecule has 4 nitrogen and oxygen atoms in total. The number of hydrogen-bond acceptors (Lipinski definition) is 5. The standard InChI is InChI=1S/C16H22N4S/c1-2-20-10-8-13(9-11-20)18-16-14(15(17)19-21-16)12-6-4-3-5-7-12/h3-7,13,18H,2,8-11H2,1H3,(H2,17,19). The molecule has 21 heavy (non-hydrogen) atoms. The molecule has 1 saturated heterocycles. The maximum absolute atomic E-state index is 6.07. The number of likely N-dealkylation sites (tertiary alicyclic amines) is 1. The second-order valence-corrected chi connectivity index (χ2v) is 6.26. The van der Waals surface area contributed by atoms with Gasteiger partial charge in [0, 0.05) is 19.1 Å². The third kappa shape index (κ3) is 3.19. The van der Waals surface area contributed by atoms with Gasteiger partial charge in [0.05, 0.1) is 5.56 Å². The summed E-state index contributed by atoms with van der Waals surface area (Å²) in [5, 5.41) is 4.77. The molecule has 1 fully saturated rings. The molecule has 1 aliphatic heterocycles. The molecule has 0 aliphatic carbocycles. The Balaban J connectivity index is 1.75. The molecule has 0 bridgehead atoms. The van der Waals surface area contributed by atoms with Crippen molar-refractivity contribution in [1.29, 1.82) is 0 Å². The molecule has 1 aliphatic rings. The maximum atomic E-state index is 6.07. The molecule has 0 radical (unpaired) electrons. The van der Waals surface area contributed by atoms with E-state index in [0.29, 0.717) is 11.9 Å². The van der Waals surface area contributed by atoms with Crippen LogP contribution in [0.3, 0.4) is 0 Å². The van der Waals surface area contributed by atoms with Crippen molar-refractivity contribution in [2.45, 2.75) is 25.8 Å². The van der Waals surface area contributed by atoms with Crippen LogP contribution < -0.4 is 11.1 Å². The highest BCUT2D eigenvalue weighted by atomic mass is 32.1. The van der Waals surface area contributed by atoms with Gasteiger partial charge in [-0.1, -0.05) is 37.3 Å². The smallest absolute Gasteiger partial charge is 0.147 e. The molecule has 5 heteroatoms. The van der Waals surface area contributed by atoms with E-state index in [4.69, 9.17) is 5.73 Å². The number of nitrogen functional groups attached to an aromatic ring is 1. The fourth-order valence-corrected chi connectivity index (χ4v) is 3.68. The van der Waals surface area contributed by atoms with Crippen LogP contribution in [0, 0.1) is 0 Å². The minimum absolute atomic E-state index is 0.523. The second-order valence-electron chi connectivity index (χ2n) is 5.49. The van der Waals surface area contributed by atoms with Gasteiger partial charge in [0.25, 0.3) is 0 Å². The lowest BCUT2D eigenvalue weighted by atomic mass is 10.0. The van der Waals surface area contributed by atoms with E-state index in [1.54, 1.807) is 0 Å². The topological polar surface area (TPSA) is 54.2 Å². The lowest BCUT2D eigenvalue weighted by molar-refractivity contribution is 0.230. The van der Waals surface area contributed by atoms with E-state index in [1.165, 1.54) is 37.5 Å². The average Bonchev–Trinajstić information content (AvgIpc) is 2.89. The molecule has 3 N–H and O–H groups in total. The van der Waals surface area contributed by atoms with Gasteiger partial charge in [0.15, 0.2) is 0 Å². The zero-order chi connectivity index (χ0) is 14.7. The second kappa shape index (κ2) is 6.45. The third-order valence-electron chi connectivity index (χ3n) is 4.15. The van der Waals surface area contributed by atoms with Crippen molar-refractivity contribution in [2.24, 2.45) is 0 Å². The number of benzene rings is 1. The van der Waals surface area contributed by atoms with E-state index in [1.807, 2.05) is 18.2 Å². The van der Waals surface area contributed by atoms with Gasteiger partial charge in [0.2, 0.25) is 0 Å². The number of hydrogen-bond donors (Lipinski definition) is 2. The van der Waals surface area contributed by atoms with Gasteiger partial charge < -0.3 is 16.0 Å². The Hall–Kier alpha value is -1.59. The Morgan fingerprint density at radius 1 is 1.29 bits per heavy atom. The van der Waals surface area contributed by atoms with Gasteiger partial charge in [0.1, 0.15) is 10.8 Å². The number of aromatic nitrogens is 1. The molecule has 0 unspecified atom stereocenters. The summed E-state index contributed by atoms with van der Waals surface area (Å²) in [6.45, 7) is 5.72. The zero-order valence-electron chi connectivity index (χ0n) is 12.4. The summed E-state index contributed by atoms with van der Waals surface area (Å²) in [6.07, 6.45) is 2.36. The number of piperidine rings is 1. The molecule has 112 valence electrons. The first kappa shape index (κ1) is 14.4. The molecule has 0 atom stereocenters. The van der Waals surface area contributed by atoms with Crippen LogP contribution in [0.25, 0.3) is 11.1 Å². The molecule has 3 rings (SSSR count). The third-order valence-corrected chi connectivity index (χ3v) is 4.94. The summed E-state index contributed by atoms with van der Waals surface area (Å²) < 4.78 is 4.34. The molecule has 0 saturated carbocycles. The Morgan fingerprint density at radius 2 is 2.00 bits per heavy atom. The van der Waals surface area contributed by atoms with E-state index < -0.39 is 0 Å². The van der Waals surface area contributed by atoms with Gasteiger partial charge in [-0.25, -0.2) is 0 Å². The van der Waals surface area contributed by atoms with Crippen molar-refractivity contribution in [2.75, 3.05) is 30.7 Å². The molecular weight excluding hydrogens is 280 g/mol. The van der Waals surface area contributed by atoms with E-state index in [0.717, 1.165) is 22.7 Å². The molecule has 0 spiro atoms. The number of anilines is 2. The van der Waals surface area contributed by atoms with Crippen molar-refractivity contribution < 1.29 is 0 Å². The predicted octanol–water partition coefficient (Wildman–Crippen LogP) is 3.29. The number of nitrogens with zero attached hydrogens (tertiary/aromatic N) is 2. The highest BCUT2D eigenvalue weighted by Gasteiger charge is 2.21. The fraction of sp³-hybridized carbons (Fsp3) is 0.438. The van der Waals surface area contributed by atoms with E-state index >= 15 is 0 Å². The Bertz CT molecular complexity index is 573. The molecule has 0 amide bonds. The SMILES string of the molecule is CCN1CCC(Nc2snc(N)c2-c2ccccc2)CC1. The molecular formula is C16H22N4S. The normalized spacial score (nSPS) is 17.0.